The van der Waals surface area contributed by atoms with E-state index in [1.54, 1.807) is 12.1 Å². The minimum absolute atomic E-state index is 0.0911. The third kappa shape index (κ3) is 7.12. The number of hydrogen-bond acceptors (Lipinski definition) is 4. The van der Waals surface area contributed by atoms with Gasteiger partial charge in [-0.15, -0.1) is 0 Å². The maximum absolute atomic E-state index is 11.1. The molecule has 1 aromatic carbocycles. The fraction of sp³-hybridized carbons (Fsp3) is 0.350. The number of aromatic amines is 2. The Labute approximate surface area is 272 Å². The summed E-state index contributed by atoms with van der Waals surface area (Å²) < 4.78 is 0. The Morgan fingerprint density at radius 2 is 1.17 bits per heavy atom. The second-order valence-electron chi connectivity index (χ2n) is 12.6. The van der Waals surface area contributed by atoms with Gasteiger partial charge in [0, 0.05) is 44.3 Å². The van der Waals surface area contributed by atoms with Crippen molar-refractivity contribution < 1.29 is 10.2 Å². The maximum atomic E-state index is 11.1. The highest BCUT2D eigenvalue weighted by molar-refractivity contribution is 5.94. The van der Waals surface area contributed by atoms with Gasteiger partial charge in [0.25, 0.3) is 0 Å². The van der Waals surface area contributed by atoms with Gasteiger partial charge in [-0.1, -0.05) is 65.2 Å². The molecule has 2 aliphatic rings. The van der Waals surface area contributed by atoms with E-state index in [9.17, 15) is 10.2 Å². The van der Waals surface area contributed by atoms with Crippen LogP contribution >= 0.6 is 0 Å². The number of nitrogens with zero attached hydrogens (tertiary/aromatic N) is 2. The summed E-state index contributed by atoms with van der Waals surface area (Å²) in [5, 5.41) is 21.6. The number of phenols is 2. The number of benzene rings is 1. The van der Waals surface area contributed by atoms with Crippen LogP contribution in [0.25, 0.3) is 57.5 Å². The van der Waals surface area contributed by atoms with E-state index in [-0.39, 0.29) is 11.5 Å². The molecule has 0 radical (unpaired) electrons. The largest absolute Gasteiger partial charge is 0.508 e. The standard InChI is InChI=1S/C40H46N4O2/c1-3-5-7-9-11-13-30-33-18-15-27(41-33)25-28-16-19-34(42-28)31(14-12-10-8-6-4-2)36-21-23-38(44-36)40(37-22-20-35(30)43-37)32-26-29(45)17-24-39(32)46/h15-26,41,44-46H,3-14H2,1-2H3. The van der Waals surface area contributed by atoms with Crippen LogP contribution in [0.4, 0.5) is 0 Å². The van der Waals surface area contributed by atoms with E-state index in [1.807, 2.05) is 6.08 Å². The zero-order chi connectivity index (χ0) is 31.9. The number of nitrogens with one attached hydrogen (secondary N) is 2. The molecule has 0 atom stereocenters. The van der Waals surface area contributed by atoms with Crippen molar-refractivity contribution in [2.24, 2.45) is 0 Å². The van der Waals surface area contributed by atoms with E-state index in [1.165, 1.54) is 68.6 Å². The van der Waals surface area contributed by atoms with Crippen LogP contribution in [0.3, 0.4) is 0 Å². The summed E-state index contributed by atoms with van der Waals surface area (Å²) in [5.74, 6) is 0.184. The molecule has 46 heavy (non-hydrogen) atoms. The number of aromatic nitrogens is 4. The van der Waals surface area contributed by atoms with Gasteiger partial charge in [0.05, 0.1) is 22.8 Å². The topological polar surface area (TPSA) is 97.8 Å². The van der Waals surface area contributed by atoms with E-state index < -0.39 is 0 Å². The fourth-order valence-electron chi connectivity index (χ4n) is 6.60. The summed E-state index contributed by atoms with van der Waals surface area (Å²) in [4.78, 5) is 17.6. The molecule has 8 bridgehead atoms. The Morgan fingerprint density at radius 1 is 0.565 bits per heavy atom. The van der Waals surface area contributed by atoms with E-state index >= 15 is 0 Å². The molecule has 6 nitrogen and oxygen atoms in total. The zero-order valence-corrected chi connectivity index (χ0v) is 27.2. The van der Waals surface area contributed by atoms with E-state index in [4.69, 9.17) is 9.97 Å². The van der Waals surface area contributed by atoms with Gasteiger partial charge in [-0.25, -0.2) is 9.97 Å². The van der Waals surface area contributed by atoms with Gasteiger partial charge >= 0.3 is 0 Å². The minimum atomic E-state index is 0.0911. The Kier molecular flexibility index (Phi) is 10.0. The summed E-state index contributed by atoms with van der Waals surface area (Å²) in [6.45, 7) is 4.49. The summed E-state index contributed by atoms with van der Waals surface area (Å²) >= 11 is 0. The minimum Gasteiger partial charge on any atom is -0.508 e. The van der Waals surface area contributed by atoms with Crippen molar-refractivity contribution >= 4 is 46.4 Å². The van der Waals surface area contributed by atoms with E-state index in [0.29, 0.717) is 5.56 Å². The lowest BCUT2D eigenvalue weighted by molar-refractivity contribution is 0.462. The second kappa shape index (κ2) is 14.7. The number of hydrogen-bond donors (Lipinski definition) is 4. The first-order chi connectivity index (χ1) is 22.5. The van der Waals surface area contributed by atoms with Gasteiger partial charge < -0.3 is 20.2 Å². The predicted molar refractivity (Wildman–Crippen MR) is 193 cm³/mol. The van der Waals surface area contributed by atoms with Crippen LogP contribution in [0.2, 0.25) is 0 Å². The SMILES string of the molecule is CCCCCCCc1c2nc(c(-c3cc(O)ccc3O)c3ccc([nH]3)c(CCCCCCC)c3nc(cc4ccc1[nH]4)C=C3)C=C2. The molecule has 3 aromatic heterocycles. The molecule has 2 aliphatic heterocycles. The molecule has 6 heteroatoms. The van der Waals surface area contributed by atoms with Crippen molar-refractivity contribution in [1.82, 2.24) is 19.9 Å². The van der Waals surface area contributed by atoms with E-state index in [0.717, 1.165) is 76.1 Å². The summed E-state index contributed by atoms with van der Waals surface area (Å²) in [7, 11) is 0. The molecule has 0 spiro atoms. The molecule has 0 aliphatic carbocycles. The number of aryl methyl sites for hydroxylation is 2. The van der Waals surface area contributed by atoms with Gasteiger partial charge in [0.1, 0.15) is 11.5 Å². The number of aromatic hydroxyl groups is 2. The van der Waals surface area contributed by atoms with Crippen molar-refractivity contribution in [1.29, 1.82) is 0 Å². The van der Waals surface area contributed by atoms with Crippen LogP contribution in [-0.2, 0) is 12.8 Å². The van der Waals surface area contributed by atoms with E-state index in [2.05, 4.69) is 72.4 Å². The number of phenolic OH excluding ortho intramolecular Hbond substituents is 2. The van der Waals surface area contributed by atoms with Crippen molar-refractivity contribution in [3.8, 4) is 22.6 Å². The maximum Gasteiger partial charge on any atom is 0.123 e. The average molecular weight is 615 g/mol. The highest BCUT2D eigenvalue weighted by Gasteiger charge is 2.18. The molecule has 0 amide bonds. The molecule has 4 N–H and O–H groups in total. The lowest BCUT2D eigenvalue weighted by Crippen LogP contribution is -1.93. The number of fused-ring (bicyclic) bond motifs is 8. The molecule has 0 saturated heterocycles. The first-order valence-corrected chi connectivity index (χ1v) is 17.2. The lowest BCUT2D eigenvalue weighted by Gasteiger charge is -2.08. The molecule has 4 aromatic rings. The summed E-state index contributed by atoms with van der Waals surface area (Å²) in [6, 6.07) is 15.2. The summed E-state index contributed by atoms with van der Waals surface area (Å²) in [6.07, 6.45) is 22.1. The molecule has 0 saturated carbocycles. The Hall–Kier alpha value is -4.58. The predicted octanol–water partition coefficient (Wildman–Crippen LogP) is 10.8. The average Bonchev–Trinajstić information content (AvgIpc) is 3.88. The van der Waals surface area contributed by atoms with Gasteiger partial charge in [-0.05, 0) is 98.5 Å². The first-order valence-electron chi connectivity index (χ1n) is 17.2. The van der Waals surface area contributed by atoms with Gasteiger partial charge in [-0.2, -0.15) is 0 Å². The quantitative estimate of drug-likeness (QED) is 0.0768. The Bertz CT molecular complexity index is 1900. The smallest absolute Gasteiger partial charge is 0.123 e. The Morgan fingerprint density at radius 3 is 1.91 bits per heavy atom. The number of H-pyrrole nitrogens is 2. The fourth-order valence-corrected chi connectivity index (χ4v) is 6.60. The number of rotatable bonds is 13. The summed E-state index contributed by atoms with van der Waals surface area (Å²) in [5.41, 5.74) is 11.1. The molecular weight excluding hydrogens is 568 g/mol. The van der Waals surface area contributed by atoms with Gasteiger partial charge in [0.2, 0.25) is 0 Å². The molecule has 0 unspecified atom stereocenters. The third-order valence-electron chi connectivity index (χ3n) is 9.10. The second-order valence-corrected chi connectivity index (χ2v) is 12.6. The van der Waals surface area contributed by atoms with Crippen molar-refractivity contribution in [2.45, 2.75) is 90.9 Å². The van der Waals surface area contributed by atoms with Gasteiger partial charge in [0.15, 0.2) is 0 Å². The molecule has 6 rings (SSSR count). The normalized spacial score (nSPS) is 12.3. The van der Waals surface area contributed by atoms with Crippen LogP contribution in [0.1, 0.15) is 112 Å². The Balaban J connectivity index is 1.60. The van der Waals surface area contributed by atoms with Crippen LogP contribution < -0.4 is 0 Å². The highest BCUT2D eigenvalue weighted by atomic mass is 16.3. The van der Waals surface area contributed by atoms with Crippen molar-refractivity contribution in [2.75, 3.05) is 0 Å². The van der Waals surface area contributed by atoms with Crippen LogP contribution in [0.15, 0.2) is 48.5 Å². The third-order valence-corrected chi connectivity index (χ3v) is 9.10. The highest BCUT2D eigenvalue weighted by Crippen LogP contribution is 2.38. The van der Waals surface area contributed by atoms with Gasteiger partial charge in [-0.3, -0.25) is 0 Å². The van der Waals surface area contributed by atoms with Crippen molar-refractivity contribution in [3.05, 3.63) is 82.4 Å². The zero-order valence-electron chi connectivity index (χ0n) is 27.2. The monoisotopic (exact) mass is 614 g/mol. The number of unbranched alkanes of at least 4 members (excludes halogenated alkanes) is 8. The lowest BCUT2D eigenvalue weighted by atomic mass is 10.0. The molecule has 238 valence electrons. The first kappa shape index (κ1) is 31.4. The van der Waals surface area contributed by atoms with Crippen molar-refractivity contribution in [3.63, 3.8) is 0 Å². The molecule has 0 fully saturated rings. The van der Waals surface area contributed by atoms with Crippen LogP contribution in [0.5, 0.6) is 11.5 Å². The van der Waals surface area contributed by atoms with Crippen LogP contribution in [0, 0.1) is 0 Å². The molecule has 5 heterocycles. The molecular formula is C40H46N4O2. The van der Waals surface area contributed by atoms with Crippen LogP contribution in [-0.4, -0.2) is 30.1 Å².